The lowest BCUT2D eigenvalue weighted by molar-refractivity contribution is 0.449. The molecule has 0 bridgehead atoms. The molecule has 0 fully saturated rings. The van der Waals surface area contributed by atoms with Crippen molar-refractivity contribution in [1.82, 2.24) is 19.1 Å². The average Bonchev–Trinajstić information content (AvgIpc) is 3.17. The van der Waals surface area contributed by atoms with E-state index in [0.29, 0.717) is 40.9 Å². The number of anilines is 2. The van der Waals surface area contributed by atoms with Gasteiger partial charge in [-0.2, -0.15) is 4.98 Å². The van der Waals surface area contributed by atoms with Crippen LogP contribution in [0, 0.1) is 0 Å². The highest BCUT2D eigenvalue weighted by Gasteiger charge is 2.17. The van der Waals surface area contributed by atoms with E-state index in [-0.39, 0.29) is 12.2 Å². The summed E-state index contributed by atoms with van der Waals surface area (Å²) in [6.07, 6.45) is 1.82. The fraction of sp³-hybridized carbons (Fsp3) is 0.190. The fourth-order valence-corrected chi connectivity index (χ4v) is 3.31. The number of phenols is 1. The van der Waals surface area contributed by atoms with Crippen LogP contribution < -0.4 is 10.9 Å². The number of hydrogen-bond donors (Lipinski definition) is 2. The number of rotatable bonds is 7. The summed E-state index contributed by atoms with van der Waals surface area (Å²) in [5.41, 5.74) is 1.92. The number of aryl methyl sites for hydroxylation is 1. The molecular weight excluding hydrogens is 409 g/mol. The first kappa shape index (κ1) is 19.9. The predicted octanol–water partition coefficient (Wildman–Crippen LogP) is 4.10. The van der Waals surface area contributed by atoms with Crippen LogP contribution in [0.5, 0.6) is 5.75 Å². The number of imidazole rings is 1. The quantitative estimate of drug-likeness (QED) is 0.434. The molecule has 2 aromatic heterocycles. The molecule has 30 heavy (non-hydrogen) atoms. The van der Waals surface area contributed by atoms with Crippen LogP contribution in [0.1, 0.15) is 12.0 Å². The summed E-state index contributed by atoms with van der Waals surface area (Å²) in [6, 6.07) is 13.8. The first-order valence-corrected chi connectivity index (χ1v) is 9.75. The molecule has 0 unspecified atom stereocenters. The van der Waals surface area contributed by atoms with E-state index in [4.69, 9.17) is 11.6 Å². The Labute approximate surface area is 176 Å². The van der Waals surface area contributed by atoms with Gasteiger partial charge >= 0.3 is 5.56 Å². The second kappa shape index (κ2) is 8.54. The zero-order chi connectivity index (χ0) is 21.1. The van der Waals surface area contributed by atoms with Crippen LogP contribution in [0.15, 0.2) is 59.7 Å². The van der Waals surface area contributed by atoms with Crippen LogP contribution in [0.25, 0.3) is 11.2 Å². The van der Waals surface area contributed by atoms with Crippen LogP contribution in [-0.2, 0) is 13.1 Å². The van der Waals surface area contributed by atoms with Crippen LogP contribution in [0.2, 0.25) is 5.02 Å². The van der Waals surface area contributed by atoms with E-state index in [1.54, 1.807) is 33.4 Å². The van der Waals surface area contributed by atoms with Crippen molar-refractivity contribution in [3.63, 3.8) is 0 Å². The molecule has 7 nitrogen and oxygen atoms in total. The smallest absolute Gasteiger partial charge is 0.300 e. The summed E-state index contributed by atoms with van der Waals surface area (Å²) in [5, 5.41) is 13.3. The number of aromatic nitrogens is 4. The molecule has 0 aliphatic heterocycles. The summed E-state index contributed by atoms with van der Waals surface area (Å²) in [7, 11) is 0. The Balaban J connectivity index is 1.82. The Hall–Kier alpha value is -3.39. The Kier molecular flexibility index (Phi) is 5.67. The Morgan fingerprint density at radius 1 is 1.10 bits per heavy atom. The molecule has 154 valence electrons. The number of phenolic OH excluding ortho intramolecular Hbond substituents is 1. The maximum atomic E-state index is 12.8. The number of benzene rings is 2. The maximum absolute atomic E-state index is 12.8. The molecule has 0 radical (unpaired) electrons. The average molecular weight is 428 g/mol. The fourth-order valence-electron chi connectivity index (χ4n) is 3.19. The highest BCUT2D eigenvalue weighted by atomic mass is 35.5. The van der Waals surface area contributed by atoms with Crippen molar-refractivity contribution in [2.75, 3.05) is 12.0 Å². The van der Waals surface area contributed by atoms with Gasteiger partial charge in [-0.1, -0.05) is 23.7 Å². The predicted molar refractivity (Wildman–Crippen MR) is 114 cm³/mol. The van der Waals surface area contributed by atoms with Crippen molar-refractivity contribution >= 4 is 34.4 Å². The molecule has 9 heteroatoms. The molecule has 0 aliphatic carbocycles. The van der Waals surface area contributed by atoms with Crippen LogP contribution >= 0.6 is 11.6 Å². The minimum Gasteiger partial charge on any atom is -0.508 e. The molecule has 2 N–H and O–H groups in total. The van der Waals surface area contributed by atoms with E-state index < -0.39 is 12.2 Å². The van der Waals surface area contributed by atoms with Crippen molar-refractivity contribution < 1.29 is 9.50 Å². The van der Waals surface area contributed by atoms with Gasteiger partial charge < -0.3 is 15.0 Å². The summed E-state index contributed by atoms with van der Waals surface area (Å²) in [4.78, 5) is 21.4. The highest BCUT2D eigenvalue weighted by molar-refractivity contribution is 6.30. The van der Waals surface area contributed by atoms with Gasteiger partial charge in [-0.15, -0.1) is 0 Å². The van der Waals surface area contributed by atoms with E-state index in [9.17, 15) is 14.3 Å². The van der Waals surface area contributed by atoms with E-state index in [2.05, 4.69) is 15.3 Å². The number of fused-ring (bicyclic) bond motifs is 1. The topological polar surface area (TPSA) is 85.0 Å². The lowest BCUT2D eigenvalue weighted by Gasteiger charge is -2.15. The molecule has 2 heterocycles. The minimum absolute atomic E-state index is 0.133. The molecule has 0 amide bonds. The summed E-state index contributed by atoms with van der Waals surface area (Å²) in [5.74, 6) is 0.443. The zero-order valence-corrected chi connectivity index (χ0v) is 16.7. The van der Waals surface area contributed by atoms with Crippen molar-refractivity contribution in [2.24, 2.45) is 0 Å². The van der Waals surface area contributed by atoms with E-state index in [1.165, 1.54) is 18.5 Å². The SMILES string of the molecule is O=c1nc(Nc2ccc(O)cc2)n(Cc2ccc(Cl)cc2)c2ncn(CCCF)c12. The Morgan fingerprint density at radius 3 is 2.53 bits per heavy atom. The maximum Gasteiger partial charge on any atom is 0.300 e. The Bertz CT molecular complexity index is 1220. The summed E-state index contributed by atoms with van der Waals surface area (Å²) < 4.78 is 16.1. The van der Waals surface area contributed by atoms with Gasteiger partial charge in [-0.3, -0.25) is 13.8 Å². The van der Waals surface area contributed by atoms with Gasteiger partial charge in [0, 0.05) is 17.3 Å². The van der Waals surface area contributed by atoms with Crippen molar-refractivity contribution in [2.45, 2.75) is 19.5 Å². The largest absolute Gasteiger partial charge is 0.508 e. The van der Waals surface area contributed by atoms with Crippen molar-refractivity contribution in [3.05, 3.63) is 75.8 Å². The first-order valence-electron chi connectivity index (χ1n) is 9.37. The van der Waals surface area contributed by atoms with Gasteiger partial charge in [-0.05, 0) is 48.4 Å². The molecular formula is C21H19ClFN5O2. The van der Waals surface area contributed by atoms with Gasteiger partial charge in [0.1, 0.15) is 5.75 Å². The van der Waals surface area contributed by atoms with Gasteiger partial charge in [0.2, 0.25) is 5.95 Å². The van der Waals surface area contributed by atoms with Crippen molar-refractivity contribution in [1.29, 1.82) is 0 Å². The van der Waals surface area contributed by atoms with Gasteiger partial charge in [0.15, 0.2) is 11.2 Å². The molecule has 0 spiro atoms. The third kappa shape index (κ3) is 4.13. The number of aromatic hydroxyl groups is 1. The van der Waals surface area contributed by atoms with Crippen molar-refractivity contribution in [3.8, 4) is 5.75 Å². The summed E-state index contributed by atoms with van der Waals surface area (Å²) >= 11 is 5.99. The van der Waals surface area contributed by atoms with Crippen LogP contribution in [-0.4, -0.2) is 30.9 Å². The number of hydrogen-bond acceptors (Lipinski definition) is 5. The third-order valence-electron chi connectivity index (χ3n) is 4.65. The zero-order valence-electron chi connectivity index (χ0n) is 15.9. The second-order valence-electron chi connectivity index (χ2n) is 6.78. The normalized spacial score (nSPS) is 11.1. The number of nitrogens with one attached hydrogen (secondary N) is 1. The molecule has 0 saturated carbocycles. The molecule has 4 aromatic rings. The first-order chi connectivity index (χ1) is 14.5. The Morgan fingerprint density at radius 2 is 1.83 bits per heavy atom. The third-order valence-corrected chi connectivity index (χ3v) is 4.90. The molecule has 0 aliphatic rings. The number of alkyl halides is 1. The standard InChI is InChI=1S/C21H19ClFN5O2/c22-15-4-2-14(3-5-15)12-28-19-18(27(13-24-19)11-1-10-23)20(30)26-21(28)25-16-6-8-17(29)9-7-16/h2-9,13,29H,1,10-12H2,(H,25,26,30). The lowest BCUT2D eigenvalue weighted by atomic mass is 10.2. The number of nitrogens with zero attached hydrogens (tertiary/aromatic N) is 4. The van der Waals surface area contributed by atoms with E-state index in [1.807, 2.05) is 12.1 Å². The number of halogens is 2. The monoisotopic (exact) mass is 427 g/mol. The molecule has 4 rings (SSSR count). The van der Waals surface area contributed by atoms with E-state index in [0.717, 1.165) is 5.56 Å². The second-order valence-corrected chi connectivity index (χ2v) is 7.21. The highest BCUT2D eigenvalue weighted by Crippen LogP contribution is 2.22. The summed E-state index contributed by atoms with van der Waals surface area (Å²) in [6.45, 7) is 0.254. The van der Waals surface area contributed by atoms with Gasteiger partial charge in [-0.25, -0.2) is 4.98 Å². The van der Waals surface area contributed by atoms with Crippen LogP contribution in [0.3, 0.4) is 0 Å². The lowest BCUT2D eigenvalue weighted by Crippen LogP contribution is -2.20. The molecule has 0 saturated heterocycles. The van der Waals surface area contributed by atoms with E-state index >= 15 is 0 Å². The van der Waals surface area contributed by atoms with Crippen LogP contribution in [0.4, 0.5) is 16.0 Å². The molecule has 2 aromatic carbocycles. The van der Waals surface area contributed by atoms with Gasteiger partial charge in [0.05, 0.1) is 19.5 Å². The minimum atomic E-state index is -0.480. The molecule has 0 atom stereocenters. The van der Waals surface area contributed by atoms with Gasteiger partial charge in [0.25, 0.3) is 0 Å².